The van der Waals surface area contributed by atoms with Crippen molar-refractivity contribution in [2.24, 2.45) is 0 Å². The quantitative estimate of drug-likeness (QED) is 0.715. The first kappa shape index (κ1) is 17.2. The number of nitrogens with zero attached hydrogens (tertiary/aromatic N) is 5. The molecule has 0 spiro atoms. The van der Waals surface area contributed by atoms with Crippen molar-refractivity contribution < 1.29 is 4.74 Å². The van der Waals surface area contributed by atoms with Crippen molar-refractivity contribution in [3.8, 4) is 0 Å². The standard InChI is InChI=1S/C19H21N7O/c1-14-12-21-19(24-17-6-7-20-13-22-17)25-18(14)23-15-2-4-16(5-3-15)26-8-10-27-11-9-26/h2-7,12-13H,8-11H2,1H3,(H2,20,21,22,23,24,25). The first-order chi connectivity index (χ1) is 13.3. The average Bonchev–Trinajstić information content (AvgIpc) is 2.72. The second-order valence-corrected chi connectivity index (χ2v) is 6.22. The van der Waals surface area contributed by atoms with E-state index in [0.29, 0.717) is 11.8 Å². The van der Waals surface area contributed by atoms with Crippen LogP contribution in [0.3, 0.4) is 0 Å². The van der Waals surface area contributed by atoms with E-state index in [9.17, 15) is 0 Å². The number of anilines is 5. The maximum absolute atomic E-state index is 5.41. The Morgan fingerprint density at radius 2 is 1.81 bits per heavy atom. The lowest BCUT2D eigenvalue weighted by Crippen LogP contribution is -2.36. The topological polar surface area (TPSA) is 88.1 Å². The summed E-state index contributed by atoms with van der Waals surface area (Å²) >= 11 is 0. The molecule has 0 amide bonds. The van der Waals surface area contributed by atoms with Crippen LogP contribution in [0.25, 0.3) is 0 Å². The van der Waals surface area contributed by atoms with Crippen molar-refractivity contribution in [2.45, 2.75) is 6.92 Å². The summed E-state index contributed by atoms with van der Waals surface area (Å²) in [5.41, 5.74) is 3.14. The molecule has 2 N–H and O–H groups in total. The summed E-state index contributed by atoms with van der Waals surface area (Å²) in [6.07, 6.45) is 4.92. The van der Waals surface area contributed by atoms with Gasteiger partial charge in [-0.05, 0) is 37.3 Å². The second-order valence-electron chi connectivity index (χ2n) is 6.22. The predicted molar refractivity (Wildman–Crippen MR) is 105 cm³/mol. The summed E-state index contributed by atoms with van der Waals surface area (Å²) < 4.78 is 5.41. The predicted octanol–water partition coefficient (Wildman–Crippen LogP) is 2.90. The van der Waals surface area contributed by atoms with Gasteiger partial charge < -0.3 is 20.3 Å². The maximum atomic E-state index is 5.41. The number of aryl methyl sites for hydroxylation is 1. The fourth-order valence-electron chi connectivity index (χ4n) is 2.82. The number of nitrogens with one attached hydrogen (secondary N) is 2. The molecule has 2 aromatic heterocycles. The lowest BCUT2D eigenvalue weighted by atomic mass is 10.2. The maximum Gasteiger partial charge on any atom is 0.230 e. The molecule has 8 heteroatoms. The molecular weight excluding hydrogens is 342 g/mol. The van der Waals surface area contributed by atoms with Crippen molar-refractivity contribution in [1.29, 1.82) is 0 Å². The van der Waals surface area contributed by atoms with Crippen LogP contribution in [0.2, 0.25) is 0 Å². The van der Waals surface area contributed by atoms with Gasteiger partial charge in [0.15, 0.2) is 0 Å². The van der Waals surface area contributed by atoms with E-state index in [1.54, 1.807) is 18.5 Å². The molecule has 0 aliphatic carbocycles. The molecule has 0 unspecified atom stereocenters. The van der Waals surface area contributed by atoms with Crippen LogP contribution >= 0.6 is 0 Å². The zero-order valence-electron chi connectivity index (χ0n) is 15.1. The number of ether oxygens (including phenoxy) is 1. The number of hydrogen-bond acceptors (Lipinski definition) is 8. The molecule has 3 heterocycles. The van der Waals surface area contributed by atoms with E-state index < -0.39 is 0 Å². The van der Waals surface area contributed by atoms with E-state index >= 15 is 0 Å². The summed E-state index contributed by atoms with van der Waals surface area (Å²) in [6.45, 7) is 5.38. The first-order valence-corrected chi connectivity index (χ1v) is 8.84. The molecule has 1 aliphatic rings. The van der Waals surface area contributed by atoms with E-state index in [0.717, 1.165) is 43.4 Å². The van der Waals surface area contributed by atoms with Crippen molar-refractivity contribution in [3.05, 3.63) is 54.6 Å². The normalized spacial score (nSPS) is 14.0. The fraction of sp³-hybridized carbons (Fsp3) is 0.263. The third-order valence-electron chi connectivity index (χ3n) is 4.30. The summed E-state index contributed by atoms with van der Waals surface area (Å²) in [5.74, 6) is 1.88. The minimum absolute atomic E-state index is 0.478. The van der Waals surface area contributed by atoms with Gasteiger partial charge in [0.25, 0.3) is 0 Å². The fourth-order valence-corrected chi connectivity index (χ4v) is 2.82. The third kappa shape index (κ3) is 4.29. The van der Waals surface area contributed by atoms with Crippen LogP contribution in [0.15, 0.2) is 49.1 Å². The van der Waals surface area contributed by atoms with Gasteiger partial charge in [0, 0.05) is 42.4 Å². The first-order valence-electron chi connectivity index (χ1n) is 8.84. The van der Waals surface area contributed by atoms with Gasteiger partial charge in [-0.1, -0.05) is 0 Å². The number of hydrogen-bond donors (Lipinski definition) is 2. The molecule has 4 rings (SSSR count). The SMILES string of the molecule is Cc1cnc(Nc2ccncn2)nc1Nc1ccc(N2CCOCC2)cc1. The largest absolute Gasteiger partial charge is 0.378 e. The van der Waals surface area contributed by atoms with Gasteiger partial charge in [0.1, 0.15) is 18.0 Å². The van der Waals surface area contributed by atoms with E-state index in [2.05, 4.69) is 59.7 Å². The zero-order valence-corrected chi connectivity index (χ0v) is 15.1. The molecule has 138 valence electrons. The van der Waals surface area contributed by atoms with Crippen molar-refractivity contribution >= 4 is 29.0 Å². The van der Waals surface area contributed by atoms with Gasteiger partial charge in [-0.2, -0.15) is 4.98 Å². The van der Waals surface area contributed by atoms with Gasteiger partial charge in [-0.15, -0.1) is 0 Å². The molecule has 0 atom stereocenters. The van der Waals surface area contributed by atoms with Crippen LogP contribution in [0.4, 0.5) is 29.0 Å². The van der Waals surface area contributed by atoms with Crippen LogP contribution in [0.5, 0.6) is 0 Å². The number of rotatable bonds is 5. The lowest BCUT2D eigenvalue weighted by Gasteiger charge is -2.28. The molecule has 0 radical (unpaired) electrons. The number of morpholine rings is 1. The third-order valence-corrected chi connectivity index (χ3v) is 4.30. The van der Waals surface area contributed by atoms with Crippen LogP contribution in [0.1, 0.15) is 5.56 Å². The molecule has 3 aromatic rings. The summed E-state index contributed by atoms with van der Waals surface area (Å²) in [4.78, 5) is 19.2. The van der Waals surface area contributed by atoms with Crippen LogP contribution in [0, 0.1) is 6.92 Å². The van der Waals surface area contributed by atoms with E-state index in [-0.39, 0.29) is 0 Å². The monoisotopic (exact) mass is 363 g/mol. The molecule has 0 bridgehead atoms. The number of benzene rings is 1. The Balaban J connectivity index is 1.47. The molecule has 1 aliphatic heterocycles. The lowest BCUT2D eigenvalue weighted by molar-refractivity contribution is 0.122. The average molecular weight is 363 g/mol. The molecule has 1 fully saturated rings. The van der Waals surface area contributed by atoms with Crippen LogP contribution < -0.4 is 15.5 Å². The summed E-state index contributed by atoms with van der Waals surface area (Å²) in [7, 11) is 0. The Morgan fingerprint density at radius 3 is 2.56 bits per heavy atom. The van der Waals surface area contributed by atoms with Gasteiger partial charge in [-0.25, -0.2) is 15.0 Å². The Labute approximate surface area is 157 Å². The molecule has 8 nitrogen and oxygen atoms in total. The molecule has 1 aromatic carbocycles. The Kier molecular flexibility index (Phi) is 5.06. The van der Waals surface area contributed by atoms with Gasteiger partial charge in [-0.3, -0.25) is 0 Å². The second kappa shape index (κ2) is 7.96. The van der Waals surface area contributed by atoms with Crippen LogP contribution in [-0.4, -0.2) is 46.2 Å². The highest BCUT2D eigenvalue weighted by atomic mass is 16.5. The van der Waals surface area contributed by atoms with Crippen molar-refractivity contribution in [2.75, 3.05) is 41.8 Å². The number of aromatic nitrogens is 4. The Bertz CT molecular complexity index is 880. The van der Waals surface area contributed by atoms with Crippen molar-refractivity contribution in [1.82, 2.24) is 19.9 Å². The Hall–Kier alpha value is -3.26. The molecule has 1 saturated heterocycles. The zero-order chi connectivity index (χ0) is 18.5. The highest BCUT2D eigenvalue weighted by Gasteiger charge is 2.11. The molecular formula is C19H21N7O. The smallest absolute Gasteiger partial charge is 0.230 e. The van der Waals surface area contributed by atoms with Crippen molar-refractivity contribution in [3.63, 3.8) is 0 Å². The summed E-state index contributed by atoms with van der Waals surface area (Å²) in [5, 5.41) is 6.44. The van der Waals surface area contributed by atoms with Gasteiger partial charge in [0.05, 0.1) is 13.2 Å². The van der Waals surface area contributed by atoms with Gasteiger partial charge in [0.2, 0.25) is 5.95 Å². The van der Waals surface area contributed by atoms with Gasteiger partial charge >= 0.3 is 0 Å². The minimum atomic E-state index is 0.478. The molecule has 0 saturated carbocycles. The van der Waals surface area contributed by atoms with E-state index in [1.165, 1.54) is 12.0 Å². The highest BCUT2D eigenvalue weighted by Crippen LogP contribution is 2.23. The van der Waals surface area contributed by atoms with Crippen LogP contribution in [-0.2, 0) is 4.74 Å². The van der Waals surface area contributed by atoms with E-state index in [4.69, 9.17) is 4.74 Å². The highest BCUT2D eigenvalue weighted by molar-refractivity contribution is 5.64. The minimum Gasteiger partial charge on any atom is -0.378 e. The summed E-state index contributed by atoms with van der Waals surface area (Å²) in [6, 6.07) is 10.1. The van der Waals surface area contributed by atoms with E-state index in [1.807, 2.05) is 6.92 Å². The Morgan fingerprint density at radius 1 is 1.00 bits per heavy atom. The molecule has 27 heavy (non-hydrogen) atoms.